The maximum atomic E-state index is 14.3. The van der Waals surface area contributed by atoms with Crippen molar-refractivity contribution in [3.05, 3.63) is 106 Å². The third-order valence-corrected chi connectivity index (χ3v) is 7.22. The van der Waals surface area contributed by atoms with Crippen LogP contribution in [-0.2, 0) is 33.7 Å². The summed E-state index contributed by atoms with van der Waals surface area (Å²) in [6.45, 7) is 0.0447. The van der Waals surface area contributed by atoms with Crippen LogP contribution in [0.2, 0.25) is 0 Å². The predicted molar refractivity (Wildman–Crippen MR) is 142 cm³/mol. The molecule has 1 atom stereocenters. The first kappa shape index (κ1) is 27.5. The minimum Gasteiger partial charge on any atom is -0.427 e. The lowest BCUT2D eigenvalue weighted by atomic mass is 9.99. The quantitative estimate of drug-likeness (QED) is 0.168. The van der Waals surface area contributed by atoms with Gasteiger partial charge in [0.25, 0.3) is 5.91 Å². The molecule has 6 nitrogen and oxygen atoms in total. The molecule has 0 aliphatic carbocycles. The van der Waals surface area contributed by atoms with E-state index in [0.717, 1.165) is 5.56 Å². The van der Waals surface area contributed by atoms with Crippen LogP contribution in [0.5, 0.6) is 0 Å². The second kappa shape index (κ2) is 11.2. The number of nitrogens with one attached hydrogen (secondary N) is 1. The molecule has 0 unspecified atom stereocenters. The number of ether oxygens (including phenoxy) is 1. The van der Waals surface area contributed by atoms with Crippen LogP contribution in [-0.4, -0.2) is 35.3 Å². The van der Waals surface area contributed by atoms with Gasteiger partial charge in [-0.05, 0) is 46.9 Å². The molecule has 206 valence electrons. The molecule has 1 aromatic heterocycles. The number of fused-ring (bicyclic) bond motifs is 1. The molecular formula is C29H23F4N3O3S. The van der Waals surface area contributed by atoms with Crippen molar-refractivity contribution in [1.29, 1.82) is 0 Å². The van der Waals surface area contributed by atoms with Crippen molar-refractivity contribution < 1.29 is 31.9 Å². The third kappa shape index (κ3) is 5.90. The van der Waals surface area contributed by atoms with Crippen LogP contribution in [0.15, 0.2) is 83.7 Å². The zero-order chi connectivity index (χ0) is 28.3. The number of alkyl halides is 3. The number of nitrogens with zero attached hydrogens (tertiary/aromatic N) is 2. The summed E-state index contributed by atoms with van der Waals surface area (Å²) < 4.78 is 59.1. The van der Waals surface area contributed by atoms with Crippen molar-refractivity contribution in [3.63, 3.8) is 0 Å². The molecule has 3 aromatic carbocycles. The third-order valence-electron chi connectivity index (χ3n) is 6.58. The highest BCUT2D eigenvalue weighted by Gasteiger charge is 2.52. The van der Waals surface area contributed by atoms with Gasteiger partial charge in [-0.3, -0.25) is 10.1 Å². The summed E-state index contributed by atoms with van der Waals surface area (Å²) in [6, 6.07) is 19.6. The van der Waals surface area contributed by atoms with Crippen LogP contribution in [0.4, 0.5) is 23.2 Å². The van der Waals surface area contributed by atoms with Gasteiger partial charge >= 0.3 is 12.1 Å². The Morgan fingerprint density at radius 3 is 2.40 bits per heavy atom. The first-order valence-electron chi connectivity index (χ1n) is 12.3. The Kier molecular flexibility index (Phi) is 7.68. The van der Waals surface area contributed by atoms with E-state index in [9.17, 15) is 27.2 Å². The molecule has 0 radical (unpaired) electrons. The first-order valence-corrected chi connectivity index (χ1v) is 13.3. The van der Waals surface area contributed by atoms with Gasteiger partial charge in [0.05, 0.1) is 11.2 Å². The van der Waals surface area contributed by atoms with Gasteiger partial charge < -0.3 is 9.64 Å². The topological polar surface area (TPSA) is 71.5 Å². The molecule has 0 saturated carbocycles. The highest BCUT2D eigenvalue weighted by atomic mass is 32.1. The number of halogens is 4. The fourth-order valence-corrected chi connectivity index (χ4v) is 5.18. The summed E-state index contributed by atoms with van der Waals surface area (Å²) in [6.07, 6.45) is -5.24. The minimum atomic E-state index is -5.33. The van der Waals surface area contributed by atoms with Gasteiger partial charge in [0.2, 0.25) is 5.72 Å². The van der Waals surface area contributed by atoms with Crippen molar-refractivity contribution in [2.24, 2.45) is 0 Å². The Hall–Kier alpha value is -4.09. The standard InChI is InChI=1S/C29H23F4N3O3S/c30-23-10-8-20(9-11-23)22-7-6-21-12-13-36(25(21)14-22)26(37)28(39-27(38)29(31,32)33,15-19-4-2-1-3-5-19)35-16-24-17-40-18-34-24/h1-11,14,17-18,35H,12-13,15-16H2/t28-/m0/s1. The number of hydrogen-bond acceptors (Lipinski definition) is 6. The zero-order valence-corrected chi connectivity index (χ0v) is 21.8. The van der Waals surface area contributed by atoms with Gasteiger partial charge in [-0.15, -0.1) is 11.3 Å². The Labute approximate surface area is 231 Å². The van der Waals surface area contributed by atoms with Crippen LogP contribution in [0.3, 0.4) is 0 Å². The number of hydrogen-bond donors (Lipinski definition) is 1. The van der Waals surface area contributed by atoms with Gasteiger partial charge in [0.15, 0.2) is 0 Å². The zero-order valence-electron chi connectivity index (χ0n) is 21.0. The van der Waals surface area contributed by atoms with Crippen molar-refractivity contribution in [1.82, 2.24) is 10.3 Å². The first-order chi connectivity index (χ1) is 19.1. The van der Waals surface area contributed by atoms with E-state index in [4.69, 9.17) is 4.74 Å². The average molecular weight is 570 g/mol. The number of amides is 1. The van der Waals surface area contributed by atoms with Crippen LogP contribution < -0.4 is 10.2 Å². The summed E-state index contributed by atoms with van der Waals surface area (Å²) in [4.78, 5) is 32.0. The molecule has 11 heteroatoms. The van der Waals surface area contributed by atoms with Crippen molar-refractivity contribution >= 4 is 28.9 Å². The molecule has 4 aromatic rings. The molecule has 40 heavy (non-hydrogen) atoms. The summed E-state index contributed by atoms with van der Waals surface area (Å²) in [5, 5.41) is 4.49. The van der Waals surface area contributed by atoms with Crippen molar-refractivity contribution in [3.8, 4) is 11.1 Å². The Morgan fingerprint density at radius 1 is 1.00 bits per heavy atom. The van der Waals surface area contributed by atoms with E-state index in [1.54, 1.807) is 59.4 Å². The van der Waals surface area contributed by atoms with Crippen LogP contribution in [0.25, 0.3) is 11.1 Å². The smallest absolute Gasteiger partial charge is 0.427 e. The van der Waals surface area contributed by atoms with Gasteiger partial charge in [0.1, 0.15) is 5.82 Å². The summed E-state index contributed by atoms with van der Waals surface area (Å²) in [5.74, 6) is -3.73. The van der Waals surface area contributed by atoms with Crippen LogP contribution >= 0.6 is 11.3 Å². The normalized spacial score (nSPS) is 14.4. The molecule has 1 aliphatic rings. The highest BCUT2D eigenvalue weighted by Crippen LogP contribution is 2.36. The largest absolute Gasteiger partial charge is 0.491 e. The Balaban J connectivity index is 1.56. The van der Waals surface area contributed by atoms with Gasteiger partial charge in [-0.25, -0.2) is 14.2 Å². The molecule has 1 amide bonds. The maximum absolute atomic E-state index is 14.3. The molecule has 1 aliphatic heterocycles. The fourth-order valence-electron chi connectivity index (χ4n) is 4.62. The van der Waals surface area contributed by atoms with E-state index in [-0.39, 0.29) is 19.5 Å². The molecule has 0 bridgehead atoms. The average Bonchev–Trinajstić information content (AvgIpc) is 3.61. The summed E-state index contributed by atoms with van der Waals surface area (Å²) in [5.41, 5.74) is 2.77. The van der Waals surface area contributed by atoms with Crippen molar-refractivity contribution in [2.45, 2.75) is 31.3 Å². The number of aromatic nitrogens is 1. The molecule has 1 N–H and O–H groups in total. The lowest BCUT2D eigenvalue weighted by Crippen LogP contribution is -2.62. The van der Waals surface area contributed by atoms with Crippen LogP contribution in [0.1, 0.15) is 16.8 Å². The van der Waals surface area contributed by atoms with E-state index >= 15 is 0 Å². The van der Waals surface area contributed by atoms with Gasteiger partial charge in [-0.1, -0.05) is 54.6 Å². The SMILES string of the molecule is O=C(O[C@](Cc1ccccc1)(NCc1cscn1)C(=O)N1CCc2ccc(-c3ccc(F)cc3)cc21)C(F)(F)F. The van der Waals surface area contributed by atoms with Gasteiger partial charge in [-0.2, -0.15) is 13.2 Å². The number of thiazole rings is 1. The number of esters is 1. The minimum absolute atomic E-state index is 0.122. The van der Waals surface area contributed by atoms with Crippen LogP contribution in [0, 0.1) is 5.82 Å². The van der Waals surface area contributed by atoms with E-state index in [0.29, 0.717) is 34.5 Å². The second-order valence-electron chi connectivity index (χ2n) is 9.27. The number of benzene rings is 3. The number of carbonyl (C=O) groups excluding carboxylic acids is 2. The van der Waals surface area contributed by atoms with E-state index < -0.39 is 29.6 Å². The lowest BCUT2D eigenvalue weighted by Gasteiger charge is -2.36. The molecule has 0 spiro atoms. The number of carbonyl (C=O) groups is 2. The number of anilines is 1. The number of rotatable bonds is 8. The monoisotopic (exact) mass is 569 g/mol. The van der Waals surface area contributed by atoms with E-state index in [2.05, 4.69) is 10.3 Å². The molecule has 2 heterocycles. The Bertz CT molecular complexity index is 1500. The highest BCUT2D eigenvalue weighted by molar-refractivity contribution is 7.07. The molecule has 0 saturated heterocycles. The second-order valence-corrected chi connectivity index (χ2v) is 9.99. The summed E-state index contributed by atoms with van der Waals surface area (Å²) >= 11 is 1.28. The molecule has 0 fully saturated rings. The lowest BCUT2D eigenvalue weighted by molar-refractivity contribution is -0.217. The van der Waals surface area contributed by atoms with E-state index in [1.807, 2.05) is 12.1 Å². The summed E-state index contributed by atoms with van der Waals surface area (Å²) in [7, 11) is 0. The molecule has 5 rings (SSSR count). The van der Waals surface area contributed by atoms with Gasteiger partial charge in [0, 0.05) is 30.6 Å². The Morgan fingerprint density at radius 2 is 1.73 bits per heavy atom. The fraction of sp³-hybridized carbons (Fsp3) is 0.207. The maximum Gasteiger partial charge on any atom is 0.491 e. The van der Waals surface area contributed by atoms with E-state index in [1.165, 1.54) is 28.4 Å². The van der Waals surface area contributed by atoms with Crippen molar-refractivity contribution in [2.75, 3.05) is 11.4 Å². The predicted octanol–water partition coefficient (Wildman–Crippen LogP) is 5.67. The molecular weight excluding hydrogens is 546 g/mol.